The maximum absolute atomic E-state index is 13.2. The number of hydrogen-bond donors (Lipinski definition) is 0. The van der Waals surface area contributed by atoms with E-state index in [0.717, 1.165) is 52.4 Å². The number of carbonyl (C=O) groups excluding carboxylic acids is 2. The van der Waals surface area contributed by atoms with E-state index in [4.69, 9.17) is 4.74 Å². The number of halogens is 6. The average molecular weight is 422 g/mol. The Morgan fingerprint density at radius 3 is 1.79 bits per heavy atom. The number of alkyl halides is 6. The molecule has 4 nitrogen and oxygen atoms in total. The molecule has 0 bridgehead atoms. The van der Waals surface area contributed by atoms with Crippen LogP contribution >= 0.6 is 0 Å². The number of unbranched alkanes of at least 4 members (excludes halogenated alkanes) is 6. The van der Waals surface area contributed by atoms with Gasteiger partial charge < -0.3 is 9.47 Å². The first-order chi connectivity index (χ1) is 12.8. The van der Waals surface area contributed by atoms with Crippen molar-refractivity contribution >= 4 is 11.9 Å². The van der Waals surface area contributed by atoms with Gasteiger partial charge >= 0.3 is 24.0 Å². The van der Waals surface area contributed by atoms with Gasteiger partial charge in [-0.1, -0.05) is 45.4 Å². The molecular formula is C18H28F6O4. The van der Waals surface area contributed by atoms with E-state index in [1.165, 1.54) is 0 Å². The van der Waals surface area contributed by atoms with Gasteiger partial charge in [0.05, 0.1) is 6.61 Å². The van der Waals surface area contributed by atoms with E-state index in [2.05, 4.69) is 11.7 Å². The summed E-state index contributed by atoms with van der Waals surface area (Å²) in [5.41, 5.74) is -2.01. The van der Waals surface area contributed by atoms with Crippen LogP contribution in [0, 0.1) is 5.41 Å². The molecular weight excluding hydrogens is 394 g/mol. The molecule has 28 heavy (non-hydrogen) atoms. The zero-order valence-electron chi connectivity index (χ0n) is 16.3. The molecule has 0 saturated heterocycles. The Kier molecular flexibility index (Phi) is 10.9. The highest BCUT2D eigenvalue weighted by atomic mass is 19.4. The first kappa shape index (κ1) is 26.5. The molecule has 0 fully saturated rings. The lowest BCUT2D eigenvalue weighted by atomic mass is 9.94. The van der Waals surface area contributed by atoms with Gasteiger partial charge in [0.15, 0.2) is 12.0 Å². The number of hydrogen-bond acceptors (Lipinski definition) is 4. The van der Waals surface area contributed by atoms with Crippen molar-refractivity contribution in [3.63, 3.8) is 0 Å². The summed E-state index contributed by atoms with van der Waals surface area (Å²) in [6.45, 7) is 2.02. The average Bonchev–Trinajstić information content (AvgIpc) is 2.60. The normalized spacial score (nSPS) is 13.9. The lowest BCUT2D eigenvalue weighted by molar-refractivity contribution is -0.255. The van der Waals surface area contributed by atoms with Gasteiger partial charge in [0.2, 0.25) is 0 Å². The molecule has 0 spiro atoms. The number of ether oxygens (including phenoxy) is 2. The first-order valence-electron chi connectivity index (χ1n) is 9.19. The van der Waals surface area contributed by atoms with E-state index in [-0.39, 0.29) is 6.61 Å². The molecule has 0 aliphatic rings. The summed E-state index contributed by atoms with van der Waals surface area (Å²) in [5, 5.41) is 0. The van der Waals surface area contributed by atoms with E-state index in [1.807, 2.05) is 0 Å². The van der Waals surface area contributed by atoms with Crippen molar-refractivity contribution in [1.29, 1.82) is 0 Å². The van der Waals surface area contributed by atoms with Gasteiger partial charge in [-0.15, -0.1) is 0 Å². The predicted molar refractivity (Wildman–Crippen MR) is 89.6 cm³/mol. The van der Waals surface area contributed by atoms with Crippen molar-refractivity contribution in [3.05, 3.63) is 0 Å². The van der Waals surface area contributed by atoms with Crippen molar-refractivity contribution in [1.82, 2.24) is 0 Å². The molecule has 0 aliphatic carbocycles. The summed E-state index contributed by atoms with van der Waals surface area (Å²) in [5.74, 6) is -7.54. The smallest absolute Gasteiger partial charge is 0.425 e. The monoisotopic (exact) mass is 422 g/mol. The highest BCUT2D eigenvalue weighted by Gasteiger charge is 2.58. The lowest BCUT2D eigenvalue weighted by Crippen LogP contribution is -2.46. The Hall–Kier alpha value is -1.48. The Balaban J connectivity index is 4.36. The van der Waals surface area contributed by atoms with Gasteiger partial charge in [0.1, 0.15) is 0 Å². The first-order valence-corrected chi connectivity index (χ1v) is 9.19. The summed E-state index contributed by atoms with van der Waals surface area (Å²) in [6.07, 6.45) is -3.52. The Morgan fingerprint density at radius 1 is 0.821 bits per heavy atom. The van der Waals surface area contributed by atoms with Crippen molar-refractivity contribution in [2.45, 2.75) is 84.0 Å². The van der Waals surface area contributed by atoms with Gasteiger partial charge in [-0.05, 0) is 20.3 Å². The fourth-order valence-electron chi connectivity index (χ4n) is 2.14. The summed E-state index contributed by atoms with van der Waals surface area (Å²) >= 11 is 0. The fraction of sp³-hybridized carbons (Fsp3) is 0.889. The largest absolute Gasteiger partial charge is 0.465 e. The van der Waals surface area contributed by atoms with Crippen LogP contribution in [-0.4, -0.2) is 43.4 Å². The molecule has 0 aliphatic heterocycles. The molecule has 0 N–H and O–H groups in total. The second-order valence-corrected chi connectivity index (χ2v) is 7.12. The molecule has 0 aromatic carbocycles. The number of carbonyl (C=O) groups is 2. The van der Waals surface area contributed by atoms with Crippen LogP contribution in [0.15, 0.2) is 0 Å². The fourth-order valence-corrected chi connectivity index (χ4v) is 2.14. The van der Waals surface area contributed by atoms with Crippen molar-refractivity contribution in [3.8, 4) is 0 Å². The number of rotatable bonds is 13. The highest BCUT2D eigenvalue weighted by Crippen LogP contribution is 2.35. The van der Waals surface area contributed by atoms with E-state index < -0.39 is 42.2 Å². The Bertz CT molecular complexity index is 491. The van der Waals surface area contributed by atoms with Gasteiger partial charge in [-0.3, -0.25) is 9.59 Å². The van der Waals surface area contributed by atoms with Gasteiger partial charge in [0.25, 0.3) is 6.17 Å². The summed E-state index contributed by atoms with van der Waals surface area (Å²) in [4.78, 5) is 23.7. The van der Waals surface area contributed by atoms with Gasteiger partial charge in [0, 0.05) is 0 Å². The minimum absolute atomic E-state index is 0.0140. The van der Waals surface area contributed by atoms with Crippen molar-refractivity contribution < 1.29 is 45.4 Å². The molecule has 1 unspecified atom stereocenters. The van der Waals surface area contributed by atoms with Crippen LogP contribution in [0.1, 0.15) is 65.7 Å². The van der Waals surface area contributed by atoms with E-state index in [1.54, 1.807) is 0 Å². The minimum atomic E-state index is -5.80. The second kappa shape index (κ2) is 11.5. The third kappa shape index (κ3) is 9.14. The van der Waals surface area contributed by atoms with E-state index in [0.29, 0.717) is 6.42 Å². The third-order valence-corrected chi connectivity index (χ3v) is 4.06. The quantitative estimate of drug-likeness (QED) is 0.173. The zero-order chi connectivity index (χ0) is 22.0. The molecule has 0 amide bonds. The Morgan fingerprint density at radius 2 is 1.29 bits per heavy atom. The molecule has 0 saturated carbocycles. The predicted octanol–water partition coefficient (Wildman–Crippen LogP) is 5.39. The van der Waals surface area contributed by atoms with Crippen molar-refractivity contribution in [2.24, 2.45) is 5.41 Å². The summed E-state index contributed by atoms with van der Waals surface area (Å²) in [7, 11) is 0. The van der Waals surface area contributed by atoms with Crippen LogP contribution in [-0.2, 0) is 19.1 Å². The van der Waals surface area contributed by atoms with Crippen molar-refractivity contribution in [2.75, 3.05) is 13.2 Å². The topological polar surface area (TPSA) is 52.6 Å². The van der Waals surface area contributed by atoms with Gasteiger partial charge in [-0.2, -0.15) is 22.0 Å². The molecule has 0 heterocycles. The third-order valence-electron chi connectivity index (χ3n) is 4.06. The van der Waals surface area contributed by atoms with Crippen LogP contribution in [0.25, 0.3) is 0 Å². The summed E-state index contributed by atoms with van der Waals surface area (Å²) in [6, 6.07) is 0. The Labute approximate surface area is 160 Å². The molecule has 0 rings (SSSR count). The van der Waals surface area contributed by atoms with Crippen LogP contribution in [0.5, 0.6) is 0 Å². The van der Waals surface area contributed by atoms with E-state index >= 15 is 0 Å². The molecule has 0 aromatic rings. The van der Waals surface area contributed by atoms with Crippen LogP contribution < -0.4 is 0 Å². The summed E-state index contributed by atoms with van der Waals surface area (Å²) < 4.78 is 84.2. The van der Waals surface area contributed by atoms with E-state index in [9.17, 15) is 35.9 Å². The number of esters is 2. The molecule has 0 radical (unpaired) electrons. The minimum Gasteiger partial charge on any atom is -0.465 e. The molecule has 1 atom stereocenters. The lowest BCUT2D eigenvalue weighted by Gasteiger charge is -2.25. The molecule has 10 heteroatoms. The van der Waals surface area contributed by atoms with Crippen LogP contribution in [0.3, 0.4) is 0 Å². The maximum Gasteiger partial charge on any atom is 0.425 e. The van der Waals surface area contributed by atoms with Gasteiger partial charge in [-0.25, -0.2) is 4.39 Å². The SMILES string of the molecule is CCCCCCCCCOC(=O)C(C)(C)C(=O)OCC(F)(F)C(F)C(F)(F)F. The standard InChI is InChI=1S/C18H28F6O4/c1-4-5-6-7-8-9-10-11-27-14(25)16(2,3)15(26)28-12-17(20,21)13(19)18(22,23)24/h13H,4-12H2,1-3H3. The molecule has 0 aromatic heterocycles. The highest BCUT2D eigenvalue weighted by molar-refractivity contribution is 5.99. The molecule has 166 valence electrons. The second-order valence-electron chi connectivity index (χ2n) is 7.12. The zero-order valence-corrected chi connectivity index (χ0v) is 16.3. The van der Waals surface area contributed by atoms with Crippen LogP contribution in [0.4, 0.5) is 26.3 Å². The van der Waals surface area contributed by atoms with Crippen LogP contribution in [0.2, 0.25) is 0 Å². The maximum atomic E-state index is 13.2.